The molecule has 30 heavy (non-hydrogen) atoms. The molecule has 1 fully saturated rings. The van der Waals surface area contributed by atoms with Gasteiger partial charge in [0.15, 0.2) is 0 Å². The first kappa shape index (κ1) is 21.4. The van der Waals surface area contributed by atoms with Crippen LogP contribution in [0.25, 0.3) is 0 Å². The molecule has 2 atom stereocenters. The fraction of sp³-hybridized carbons (Fsp3) is 0.348. The number of hydrogen-bond acceptors (Lipinski definition) is 5. The van der Waals surface area contributed by atoms with Crippen LogP contribution in [-0.4, -0.2) is 34.6 Å². The van der Waals surface area contributed by atoms with Crippen molar-refractivity contribution in [1.29, 1.82) is 0 Å². The number of carboxylic acids is 1. The van der Waals surface area contributed by atoms with E-state index in [0.717, 1.165) is 16.4 Å². The second-order valence-electron chi connectivity index (χ2n) is 7.27. The molecule has 7 heteroatoms. The second-order valence-corrected chi connectivity index (χ2v) is 7.27. The summed E-state index contributed by atoms with van der Waals surface area (Å²) in [7, 11) is 0. The van der Waals surface area contributed by atoms with Crippen LogP contribution in [0.1, 0.15) is 31.7 Å². The molecular formula is C23H25NO6. The van der Waals surface area contributed by atoms with Crippen molar-refractivity contribution in [2.45, 2.75) is 32.6 Å². The molecule has 0 aliphatic heterocycles. The van der Waals surface area contributed by atoms with Crippen LogP contribution in [0.5, 0.6) is 11.5 Å². The van der Waals surface area contributed by atoms with Crippen LogP contribution in [0.2, 0.25) is 0 Å². The summed E-state index contributed by atoms with van der Waals surface area (Å²) < 4.78 is 5.74. The maximum absolute atomic E-state index is 12.7. The van der Waals surface area contributed by atoms with Gasteiger partial charge in [0.25, 0.3) is 5.91 Å². The number of ether oxygens (including phenoxy) is 1. The van der Waals surface area contributed by atoms with E-state index in [4.69, 9.17) is 14.7 Å². The molecule has 3 rings (SSSR count). The van der Waals surface area contributed by atoms with Gasteiger partial charge in [0.1, 0.15) is 11.5 Å². The standard InChI is InChI=1S/C23H25NO6/c1-2-14-24(30-23(28)20-13-12-19(20)22(26)27)21(25)15-16-8-10-18(11-9-16)29-17-6-4-3-5-7-17/h3-11,19-20H,2,12-15H2,1H3,(H,26,27). The highest BCUT2D eigenvalue weighted by atomic mass is 16.7. The molecule has 1 aliphatic carbocycles. The quantitative estimate of drug-likeness (QED) is 0.664. The number of para-hydroxylation sites is 1. The molecule has 1 amide bonds. The minimum atomic E-state index is -1.01. The number of nitrogens with zero attached hydrogens (tertiary/aromatic N) is 1. The lowest BCUT2D eigenvalue weighted by Crippen LogP contribution is -2.43. The Bertz CT molecular complexity index is 880. The number of hydroxylamine groups is 2. The van der Waals surface area contributed by atoms with Gasteiger partial charge >= 0.3 is 11.9 Å². The Labute approximate surface area is 175 Å². The SMILES string of the molecule is CCCN(OC(=O)C1CCC1C(=O)O)C(=O)Cc1ccc(Oc2ccccc2)cc1. The number of aliphatic carboxylic acids is 1. The summed E-state index contributed by atoms with van der Waals surface area (Å²) >= 11 is 0. The normalized spacial score (nSPS) is 17.5. The van der Waals surface area contributed by atoms with Gasteiger partial charge in [-0.2, -0.15) is 5.06 Å². The molecule has 0 radical (unpaired) electrons. The Morgan fingerprint density at radius 1 is 0.967 bits per heavy atom. The highest BCUT2D eigenvalue weighted by Gasteiger charge is 2.43. The summed E-state index contributed by atoms with van der Waals surface area (Å²) in [6, 6.07) is 16.5. The summed E-state index contributed by atoms with van der Waals surface area (Å²) in [5.41, 5.74) is 0.754. The first-order chi connectivity index (χ1) is 14.5. The first-order valence-corrected chi connectivity index (χ1v) is 10.0. The number of amides is 1. The lowest BCUT2D eigenvalue weighted by Gasteiger charge is -2.32. The smallest absolute Gasteiger partial charge is 0.336 e. The van der Waals surface area contributed by atoms with Crippen molar-refractivity contribution in [2.75, 3.05) is 6.54 Å². The summed E-state index contributed by atoms with van der Waals surface area (Å²) in [5.74, 6) is -2.06. The zero-order chi connectivity index (χ0) is 21.5. The number of carbonyl (C=O) groups is 3. The Kier molecular flexibility index (Phi) is 7.06. The van der Waals surface area contributed by atoms with Gasteiger partial charge in [0, 0.05) is 0 Å². The van der Waals surface area contributed by atoms with Gasteiger partial charge in [-0.05, 0) is 49.1 Å². The van der Waals surface area contributed by atoms with Crippen molar-refractivity contribution >= 4 is 17.8 Å². The Hall–Kier alpha value is -3.35. The Balaban J connectivity index is 1.57. The van der Waals surface area contributed by atoms with Crippen molar-refractivity contribution in [3.8, 4) is 11.5 Å². The number of benzene rings is 2. The fourth-order valence-corrected chi connectivity index (χ4v) is 3.24. The van der Waals surface area contributed by atoms with E-state index in [-0.39, 0.29) is 18.9 Å². The number of carboxylic acid groups (broad SMARTS) is 1. The summed E-state index contributed by atoms with van der Waals surface area (Å²) in [6.45, 7) is 2.12. The van der Waals surface area contributed by atoms with E-state index >= 15 is 0 Å². The highest BCUT2D eigenvalue weighted by molar-refractivity contribution is 5.84. The van der Waals surface area contributed by atoms with Gasteiger partial charge in [-0.25, -0.2) is 4.79 Å². The molecule has 0 saturated heterocycles. The molecule has 2 aromatic carbocycles. The van der Waals surface area contributed by atoms with Gasteiger partial charge in [0.2, 0.25) is 0 Å². The van der Waals surface area contributed by atoms with E-state index in [1.165, 1.54) is 0 Å². The average Bonchev–Trinajstić information content (AvgIpc) is 2.68. The summed E-state index contributed by atoms with van der Waals surface area (Å²) in [5, 5.41) is 10.2. The van der Waals surface area contributed by atoms with Crippen LogP contribution < -0.4 is 4.74 Å². The maximum atomic E-state index is 12.7. The third-order valence-corrected chi connectivity index (χ3v) is 5.06. The van der Waals surface area contributed by atoms with Crippen molar-refractivity contribution in [3.63, 3.8) is 0 Å². The van der Waals surface area contributed by atoms with Crippen LogP contribution in [0.3, 0.4) is 0 Å². The van der Waals surface area contributed by atoms with E-state index in [1.54, 1.807) is 24.3 Å². The van der Waals surface area contributed by atoms with Gasteiger partial charge in [-0.3, -0.25) is 9.59 Å². The van der Waals surface area contributed by atoms with E-state index in [0.29, 0.717) is 25.0 Å². The van der Waals surface area contributed by atoms with Gasteiger partial charge in [0.05, 0.1) is 24.8 Å². The van der Waals surface area contributed by atoms with Crippen LogP contribution in [-0.2, 0) is 25.6 Å². The third-order valence-electron chi connectivity index (χ3n) is 5.06. The second kappa shape index (κ2) is 9.91. The summed E-state index contributed by atoms with van der Waals surface area (Å²) in [6.07, 6.45) is 1.59. The molecule has 158 valence electrons. The number of carbonyl (C=O) groups excluding carboxylic acids is 2. The molecule has 0 aromatic heterocycles. The summed E-state index contributed by atoms with van der Waals surface area (Å²) in [4.78, 5) is 41.4. The topological polar surface area (TPSA) is 93.1 Å². The molecule has 1 saturated carbocycles. The molecule has 0 spiro atoms. The lowest BCUT2D eigenvalue weighted by molar-refractivity contribution is -0.207. The highest BCUT2D eigenvalue weighted by Crippen LogP contribution is 2.35. The van der Waals surface area contributed by atoms with Gasteiger partial charge in [-0.15, -0.1) is 0 Å². The van der Waals surface area contributed by atoms with E-state index < -0.39 is 23.8 Å². The monoisotopic (exact) mass is 411 g/mol. The van der Waals surface area contributed by atoms with Crippen LogP contribution >= 0.6 is 0 Å². The molecular weight excluding hydrogens is 386 g/mol. The van der Waals surface area contributed by atoms with E-state index in [1.807, 2.05) is 37.3 Å². The lowest BCUT2D eigenvalue weighted by atomic mass is 9.74. The minimum absolute atomic E-state index is 0.0614. The zero-order valence-electron chi connectivity index (χ0n) is 16.8. The molecule has 2 aromatic rings. The Morgan fingerprint density at radius 3 is 2.17 bits per heavy atom. The van der Waals surface area contributed by atoms with Crippen molar-refractivity contribution in [3.05, 3.63) is 60.2 Å². The molecule has 1 aliphatic rings. The third kappa shape index (κ3) is 5.37. The molecule has 7 nitrogen and oxygen atoms in total. The van der Waals surface area contributed by atoms with Crippen LogP contribution in [0.4, 0.5) is 0 Å². The maximum Gasteiger partial charge on any atom is 0.336 e. The van der Waals surface area contributed by atoms with Crippen molar-refractivity contribution < 1.29 is 29.1 Å². The van der Waals surface area contributed by atoms with Crippen molar-refractivity contribution in [1.82, 2.24) is 5.06 Å². The Morgan fingerprint density at radius 2 is 1.60 bits per heavy atom. The fourth-order valence-electron chi connectivity index (χ4n) is 3.24. The van der Waals surface area contributed by atoms with Crippen LogP contribution in [0.15, 0.2) is 54.6 Å². The van der Waals surface area contributed by atoms with Crippen LogP contribution in [0, 0.1) is 11.8 Å². The molecule has 1 N–H and O–H groups in total. The first-order valence-electron chi connectivity index (χ1n) is 10.0. The van der Waals surface area contributed by atoms with Gasteiger partial charge in [-0.1, -0.05) is 37.3 Å². The minimum Gasteiger partial charge on any atom is -0.481 e. The predicted octanol–water partition coefficient (Wildman–Crippen LogP) is 3.83. The van der Waals surface area contributed by atoms with E-state index in [2.05, 4.69) is 0 Å². The zero-order valence-corrected chi connectivity index (χ0v) is 16.8. The number of hydrogen-bond donors (Lipinski definition) is 1. The van der Waals surface area contributed by atoms with Crippen molar-refractivity contribution in [2.24, 2.45) is 11.8 Å². The largest absolute Gasteiger partial charge is 0.481 e. The predicted molar refractivity (Wildman–Crippen MR) is 109 cm³/mol. The average molecular weight is 411 g/mol. The molecule has 0 bridgehead atoms. The molecule has 2 unspecified atom stereocenters. The molecule has 0 heterocycles. The van der Waals surface area contributed by atoms with Gasteiger partial charge < -0.3 is 14.7 Å². The van der Waals surface area contributed by atoms with E-state index in [9.17, 15) is 14.4 Å². The number of rotatable bonds is 8.